The van der Waals surface area contributed by atoms with Crippen molar-refractivity contribution in [2.75, 3.05) is 12.0 Å². The zero-order valence-corrected chi connectivity index (χ0v) is 26.4. The summed E-state index contributed by atoms with van der Waals surface area (Å²) in [5, 5.41) is 13.5. The van der Waals surface area contributed by atoms with Crippen LogP contribution in [0.5, 0.6) is 11.5 Å². The minimum Gasteiger partial charge on any atom is -0.507 e. The van der Waals surface area contributed by atoms with Crippen LogP contribution < -0.4 is 9.64 Å². The molecule has 1 N–H and O–H groups in total. The van der Waals surface area contributed by atoms with Crippen molar-refractivity contribution in [3.05, 3.63) is 139 Å². The highest BCUT2D eigenvalue weighted by Gasteiger charge is 2.43. The summed E-state index contributed by atoms with van der Waals surface area (Å²) in [6, 6.07) is 45.1. The molecule has 3 heteroatoms. The maximum absolute atomic E-state index is 11.6. The summed E-state index contributed by atoms with van der Waals surface area (Å²) in [6.45, 7) is 0. The smallest absolute Gasteiger partial charge is 0.127 e. The third-order valence-electron chi connectivity index (χ3n) is 10.3. The van der Waals surface area contributed by atoms with E-state index in [2.05, 4.69) is 114 Å². The molecule has 1 fully saturated rings. The van der Waals surface area contributed by atoms with Crippen LogP contribution in [0.4, 0.5) is 17.1 Å². The van der Waals surface area contributed by atoms with Gasteiger partial charge in [0.1, 0.15) is 11.5 Å². The minimum atomic E-state index is -0.0436. The van der Waals surface area contributed by atoms with Gasteiger partial charge in [-0.2, -0.15) is 0 Å². The van der Waals surface area contributed by atoms with Crippen molar-refractivity contribution in [3.63, 3.8) is 0 Å². The average Bonchev–Trinajstić information content (AvgIpc) is 3.37. The molecule has 0 aliphatic heterocycles. The summed E-state index contributed by atoms with van der Waals surface area (Å²) in [7, 11) is 1.72. The lowest BCUT2D eigenvalue weighted by Gasteiger charge is -2.34. The van der Waals surface area contributed by atoms with Gasteiger partial charge in [0.05, 0.1) is 7.11 Å². The number of rotatable bonds is 5. The molecule has 0 amide bonds. The highest BCUT2D eigenvalue weighted by Crippen LogP contribution is 2.58. The lowest BCUT2D eigenvalue weighted by atomic mass is 9.69. The molecule has 2 aliphatic rings. The number of hydrogen-bond donors (Lipinski definition) is 1. The molecule has 6 aromatic rings. The molecule has 0 unspecified atom stereocenters. The van der Waals surface area contributed by atoms with E-state index in [1.165, 1.54) is 54.4 Å². The first-order valence-electron chi connectivity index (χ1n) is 16.7. The van der Waals surface area contributed by atoms with Crippen molar-refractivity contribution in [1.29, 1.82) is 0 Å². The summed E-state index contributed by atoms with van der Waals surface area (Å²) < 4.78 is 5.99. The van der Waals surface area contributed by atoms with Crippen molar-refractivity contribution in [1.82, 2.24) is 0 Å². The van der Waals surface area contributed by atoms with Crippen LogP contribution in [0, 0.1) is 0 Å². The number of benzene rings is 6. The normalized spacial score (nSPS) is 15.2. The number of phenolic OH excluding ortho intramolecular Hbond substituents is 1. The Kier molecular flexibility index (Phi) is 7.25. The van der Waals surface area contributed by atoms with Crippen molar-refractivity contribution in [2.45, 2.75) is 50.4 Å². The van der Waals surface area contributed by atoms with Gasteiger partial charge in [0.25, 0.3) is 0 Å². The lowest BCUT2D eigenvalue weighted by Crippen LogP contribution is -2.26. The van der Waals surface area contributed by atoms with Gasteiger partial charge in [-0.05, 0) is 101 Å². The Labute approximate surface area is 271 Å². The lowest BCUT2D eigenvalue weighted by molar-refractivity contribution is 0.372. The Balaban J connectivity index is 1.29. The van der Waals surface area contributed by atoms with E-state index in [0.29, 0.717) is 5.75 Å². The van der Waals surface area contributed by atoms with Gasteiger partial charge in [-0.3, -0.25) is 0 Å². The fraction of sp³-hybridized carbons (Fsp3) is 0.209. The number of methoxy groups -OCH3 is 1. The fourth-order valence-corrected chi connectivity index (χ4v) is 8.19. The van der Waals surface area contributed by atoms with Crippen LogP contribution in [-0.4, -0.2) is 12.2 Å². The monoisotopic (exact) mass is 601 g/mol. The van der Waals surface area contributed by atoms with E-state index in [-0.39, 0.29) is 5.41 Å². The number of anilines is 3. The van der Waals surface area contributed by atoms with Gasteiger partial charge in [0.15, 0.2) is 0 Å². The molecular weight excluding hydrogens is 562 g/mol. The van der Waals surface area contributed by atoms with Gasteiger partial charge in [-0.15, -0.1) is 0 Å². The van der Waals surface area contributed by atoms with Gasteiger partial charge in [-0.1, -0.05) is 105 Å². The molecular formula is C43H39NO2. The fourth-order valence-electron chi connectivity index (χ4n) is 8.19. The number of para-hydroxylation sites is 2. The molecule has 0 radical (unpaired) electrons. The third-order valence-corrected chi connectivity index (χ3v) is 10.3. The van der Waals surface area contributed by atoms with Gasteiger partial charge >= 0.3 is 0 Å². The molecule has 2 aliphatic carbocycles. The summed E-state index contributed by atoms with van der Waals surface area (Å²) >= 11 is 0. The quantitative estimate of drug-likeness (QED) is 0.213. The van der Waals surface area contributed by atoms with Gasteiger partial charge in [-0.25, -0.2) is 0 Å². The minimum absolute atomic E-state index is 0.0436. The van der Waals surface area contributed by atoms with Gasteiger partial charge < -0.3 is 14.7 Å². The standard InChI is InChI=1S/C43H39NO2/c1-46-41-28-36-37(42-34-19-11-12-20-38(34)43(39(42)29-40(36)45)25-13-3-2-4-14-26-43)27-35(41)30-21-23-33(24-22-30)44(31-15-7-5-8-16-31)32-17-9-6-10-18-32/h5-12,15-24,27-29,45H,2-4,13-14,25-26H2,1H3. The Morgan fingerprint density at radius 3 is 1.80 bits per heavy atom. The maximum Gasteiger partial charge on any atom is 0.127 e. The van der Waals surface area contributed by atoms with Crippen molar-refractivity contribution in [2.24, 2.45) is 0 Å². The van der Waals surface area contributed by atoms with E-state index in [1.54, 1.807) is 7.11 Å². The first-order valence-corrected chi connectivity index (χ1v) is 16.7. The summed E-state index contributed by atoms with van der Waals surface area (Å²) in [5.74, 6) is 1.09. The van der Waals surface area contributed by atoms with Crippen LogP contribution >= 0.6 is 0 Å². The second kappa shape index (κ2) is 11.7. The van der Waals surface area contributed by atoms with E-state index in [1.807, 2.05) is 18.2 Å². The van der Waals surface area contributed by atoms with Crippen LogP contribution in [0.2, 0.25) is 0 Å². The van der Waals surface area contributed by atoms with Crippen LogP contribution in [0.15, 0.2) is 127 Å². The SMILES string of the molecule is COc1cc2c(O)cc3c(c2cc1-c1ccc(N(c2ccccc2)c2ccccc2)cc1)-c1ccccc1C31CCCCCCC1. The van der Waals surface area contributed by atoms with Crippen molar-refractivity contribution >= 4 is 27.8 Å². The summed E-state index contributed by atoms with van der Waals surface area (Å²) in [4.78, 5) is 2.28. The predicted molar refractivity (Wildman–Crippen MR) is 191 cm³/mol. The molecule has 0 saturated heterocycles. The Morgan fingerprint density at radius 2 is 1.15 bits per heavy atom. The van der Waals surface area contributed by atoms with E-state index >= 15 is 0 Å². The molecule has 0 heterocycles. The van der Waals surface area contributed by atoms with Crippen molar-refractivity contribution < 1.29 is 9.84 Å². The van der Waals surface area contributed by atoms with E-state index in [9.17, 15) is 5.11 Å². The second-order valence-electron chi connectivity index (χ2n) is 12.9. The summed E-state index contributed by atoms with van der Waals surface area (Å²) in [5.41, 5.74) is 10.7. The average molecular weight is 602 g/mol. The third kappa shape index (κ3) is 4.65. The van der Waals surface area contributed by atoms with Crippen LogP contribution in [0.1, 0.15) is 56.1 Å². The highest BCUT2D eigenvalue weighted by molar-refractivity contribution is 6.07. The van der Waals surface area contributed by atoms with E-state index < -0.39 is 0 Å². The van der Waals surface area contributed by atoms with Crippen LogP contribution in [0.3, 0.4) is 0 Å². The Bertz CT molecular complexity index is 1970. The number of nitrogens with zero attached hydrogens (tertiary/aromatic N) is 1. The first-order chi connectivity index (χ1) is 22.7. The topological polar surface area (TPSA) is 32.7 Å². The molecule has 228 valence electrons. The van der Waals surface area contributed by atoms with E-state index in [4.69, 9.17) is 4.74 Å². The highest BCUT2D eigenvalue weighted by atomic mass is 16.5. The number of phenols is 1. The molecule has 3 nitrogen and oxygen atoms in total. The molecule has 0 atom stereocenters. The molecule has 0 bridgehead atoms. The zero-order valence-electron chi connectivity index (χ0n) is 26.4. The van der Waals surface area contributed by atoms with Gasteiger partial charge in [0, 0.05) is 33.4 Å². The summed E-state index contributed by atoms with van der Waals surface area (Å²) in [6.07, 6.45) is 8.58. The van der Waals surface area contributed by atoms with E-state index in [0.717, 1.165) is 57.6 Å². The van der Waals surface area contributed by atoms with Crippen LogP contribution in [-0.2, 0) is 5.41 Å². The number of ether oxygens (including phenoxy) is 1. The molecule has 6 aromatic carbocycles. The number of hydrogen-bond acceptors (Lipinski definition) is 3. The predicted octanol–water partition coefficient (Wildman–Crippen LogP) is 11.7. The molecule has 46 heavy (non-hydrogen) atoms. The van der Waals surface area contributed by atoms with Gasteiger partial charge in [0.2, 0.25) is 0 Å². The maximum atomic E-state index is 11.6. The largest absolute Gasteiger partial charge is 0.507 e. The molecule has 0 aromatic heterocycles. The second-order valence-corrected chi connectivity index (χ2v) is 12.9. The molecule has 1 spiro atoms. The Morgan fingerprint density at radius 1 is 0.565 bits per heavy atom. The number of aromatic hydroxyl groups is 1. The zero-order chi connectivity index (χ0) is 31.1. The number of fused-ring (bicyclic) bond motifs is 7. The molecule has 1 saturated carbocycles. The van der Waals surface area contributed by atoms with Crippen molar-refractivity contribution in [3.8, 4) is 33.8 Å². The van der Waals surface area contributed by atoms with Crippen LogP contribution in [0.25, 0.3) is 33.0 Å². The molecule has 8 rings (SSSR count). The Hall–Kier alpha value is -5.02. The first kappa shape index (κ1) is 28.5.